The predicted octanol–water partition coefficient (Wildman–Crippen LogP) is 3.05. The van der Waals surface area contributed by atoms with Gasteiger partial charge in [-0.2, -0.15) is 0 Å². The molecule has 1 aromatic rings. The van der Waals surface area contributed by atoms with E-state index in [0.29, 0.717) is 11.8 Å². The van der Waals surface area contributed by atoms with Crippen LogP contribution in [0.1, 0.15) is 36.4 Å². The third-order valence-electron chi connectivity index (χ3n) is 5.17. The van der Waals surface area contributed by atoms with E-state index < -0.39 is 0 Å². The van der Waals surface area contributed by atoms with E-state index in [-0.39, 0.29) is 23.2 Å². The SMILES string of the molecule is O=C(NC1c2ccccc2CC1Cl)C1C2CCCC21. The molecule has 19 heavy (non-hydrogen) atoms. The first-order valence-corrected chi connectivity index (χ1v) is 7.71. The zero-order valence-electron chi connectivity index (χ0n) is 10.8. The van der Waals surface area contributed by atoms with Gasteiger partial charge in [0.1, 0.15) is 0 Å². The minimum absolute atomic E-state index is 0.0000550. The molecule has 0 radical (unpaired) electrons. The standard InChI is InChI=1S/C16H18ClNO/c17-13-8-9-4-1-2-5-10(9)15(13)18-16(19)14-11-6-3-7-12(11)14/h1-2,4-5,11-15H,3,6-8H2,(H,18,19). The quantitative estimate of drug-likeness (QED) is 0.826. The van der Waals surface area contributed by atoms with E-state index in [2.05, 4.69) is 17.4 Å². The molecular weight excluding hydrogens is 258 g/mol. The maximum atomic E-state index is 12.4. The molecule has 0 saturated heterocycles. The van der Waals surface area contributed by atoms with Crippen molar-refractivity contribution in [2.45, 2.75) is 37.1 Å². The molecule has 0 heterocycles. The zero-order chi connectivity index (χ0) is 13.0. The summed E-state index contributed by atoms with van der Waals surface area (Å²) in [6.07, 6.45) is 4.66. The smallest absolute Gasteiger partial charge is 0.224 e. The van der Waals surface area contributed by atoms with Gasteiger partial charge in [0.15, 0.2) is 0 Å². The minimum atomic E-state index is -0.0000550. The Morgan fingerprint density at radius 2 is 1.95 bits per heavy atom. The van der Waals surface area contributed by atoms with E-state index in [1.807, 2.05) is 12.1 Å². The van der Waals surface area contributed by atoms with Crippen molar-refractivity contribution in [1.82, 2.24) is 5.32 Å². The summed E-state index contributed by atoms with van der Waals surface area (Å²) in [6.45, 7) is 0. The molecule has 0 aliphatic heterocycles. The van der Waals surface area contributed by atoms with Gasteiger partial charge in [0.25, 0.3) is 0 Å². The number of alkyl halides is 1. The summed E-state index contributed by atoms with van der Waals surface area (Å²) in [5.74, 6) is 1.86. The first-order valence-electron chi connectivity index (χ1n) is 7.28. The monoisotopic (exact) mass is 275 g/mol. The highest BCUT2D eigenvalue weighted by molar-refractivity contribution is 6.21. The number of halogens is 1. The second-order valence-electron chi connectivity index (χ2n) is 6.19. The number of carbonyl (C=O) groups excluding carboxylic acids is 1. The summed E-state index contributed by atoms with van der Waals surface area (Å²) in [7, 11) is 0. The van der Waals surface area contributed by atoms with E-state index in [0.717, 1.165) is 6.42 Å². The lowest BCUT2D eigenvalue weighted by Crippen LogP contribution is -2.33. The summed E-state index contributed by atoms with van der Waals surface area (Å²) in [6, 6.07) is 8.28. The first-order chi connectivity index (χ1) is 9.25. The number of hydrogen-bond acceptors (Lipinski definition) is 1. The highest BCUT2D eigenvalue weighted by Crippen LogP contribution is 2.57. The van der Waals surface area contributed by atoms with Crippen LogP contribution in [0, 0.1) is 17.8 Å². The Labute approximate surface area is 118 Å². The van der Waals surface area contributed by atoms with Crippen molar-refractivity contribution in [3.05, 3.63) is 35.4 Å². The molecule has 1 aromatic carbocycles. The summed E-state index contributed by atoms with van der Waals surface area (Å²) in [5, 5.41) is 3.20. The highest BCUT2D eigenvalue weighted by atomic mass is 35.5. The van der Waals surface area contributed by atoms with Crippen molar-refractivity contribution in [3.8, 4) is 0 Å². The van der Waals surface area contributed by atoms with Crippen molar-refractivity contribution in [3.63, 3.8) is 0 Å². The predicted molar refractivity (Wildman–Crippen MR) is 75.0 cm³/mol. The van der Waals surface area contributed by atoms with Crippen LogP contribution in [0.25, 0.3) is 0 Å². The Morgan fingerprint density at radius 3 is 2.74 bits per heavy atom. The molecule has 4 rings (SSSR count). The van der Waals surface area contributed by atoms with E-state index in [9.17, 15) is 4.79 Å². The molecule has 1 N–H and O–H groups in total. The molecule has 4 atom stereocenters. The fraction of sp³-hybridized carbons (Fsp3) is 0.562. The summed E-state index contributed by atoms with van der Waals surface area (Å²) < 4.78 is 0. The molecule has 4 unspecified atom stereocenters. The molecule has 100 valence electrons. The average Bonchev–Trinajstić information content (AvgIpc) is 2.76. The minimum Gasteiger partial charge on any atom is -0.348 e. The van der Waals surface area contributed by atoms with Crippen LogP contribution < -0.4 is 5.32 Å². The van der Waals surface area contributed by atoms with Crippen molar-refractivity contribution in [1.29, 1.82) is 0 Å². The van der Waals surface area contributed by atoms with Crippen LogP contribution in [0.4, 0.5) is 0 Å². The maximum Gasteiger partial charge on any atom is 0.224 e. The van der Waals surface area contributed by atoms with Crippen molar-refractivity contribution in [2.24, 2.45) is 17.8 Å². The van der Waals surface area contributed by atoms with E-state index in [4.69, 9.17) is 11.6 Å². The Morgan fingerprint density at radius 1 is 1.21 bits per heavy atom. The summed E-state index contributed by atoms with van der Waals surface area (Å²) >= 11 is 6.42. The van der Waals surface area contributed by atoms with Crippen LogP contribution in [-0.4, -0.2) is 11.3 Å². The van der Waals surface area contributed by atoms with Gasteiger partial charge in [-0.05, 0) is 42.2 Å². The van der Waals surface area contributed by atoms with Gasteiger partial charge in [0.2, 0.25) is 5.91 Å². The lowest BCUT2D eigenvalue weighted by molar-refractivity contribution is -0.123. The van der Waals surface area contributed by atoms with Gasteiger partial charge in [-0.1, -0.05) is 30.7 Å². The fourth-order valence-electron chi connectivity index (χ4n) is 4.17. The molecular formula is C16H18ClNO. The van der Waals surface area contributed by atoms with Crippen LogP contribution in [0.3, 0.4) is 0 Å². The molecule has 0 bridgehead atoms. The lowest BCUT2D eigenvalue weighted by Gasteiger charge is -2.18. The Bertz CT molecular complexity index is 519. The second kappa shape index (κ2) is 4.24. The molecule has 2 fully saturated rings. The van der Waals surface area contributed by atoms with Crippen molar-refractivity contribution >= 4 is 17.5 Å². The van der Waals surface area contributed by atoms with Crippen molar-refractivity contribution < 1.29 is 4.79 Å². The largest absolute Gasteiger partial charge is 0.348 e. The number of amides is 1. The Balaban J connectivity index is 1.50. The number of nitrogens with one attached hydrogen (secondary N) is 1. The topological polar surface area (TPSA) is 29.1 Å². The molecule has 3 aliphatic rings. The highest BCUT2D eigenvalue weighted by Gasteiger charge is 2.56. The molecule has 3 aliphatic carbocycles. The van der Waals surface area contributed by atoms with Crippen LogP contribution in [0.15, 0.2) is 24.3 Å². The van der Waals surface area contributed by atoms with Gasteiger partial charge in [-0.15, -0.1) is 11.6 Å². The van der Waals surface area contributed by atoms with E-state index in [1.165, 1.54) is 30.4 Å². The Kier molecular flexibility index (Phi) is 2.63. The summed E-state index contributed by atoms with van der Waals surface area (Å²) in [4.78, 5) is 12.4. The zero-order valence-corrected chi connectivity index (χ0v) is 11.6. The fourth-order valence-corrected chi connectivity index (χ4v) is 4.54. The van der Waals surface area contributed by atoms with E-state index in [1.54, 1.807) is 0 Å². The Hall–Kier alpha value is -1.02. The third kappa shape index (κ3) is 1.80. The number of benzene rings is 1. The lowest BCUT2D eigenvalue weighted by atomic mass is 10.1. The number of fused-ring (bicyclic) bond motifs is 2. The van der Waals surface area contributed by atoms with Gasteiger partial charge >= 0.3 is 0 Å². The first kappa shape index (κ1) is 11.8. The van der Waals surface area contributed by atoms with Gasteiger partial charge in [-0.3, -0.25) is 4.79 Å². The van der Waals surface area contributed by atoms with Gasteiger partial charge < -0.3 is 5.32 Å². The summed E-state index contributed by atoms with van der Waals surface area (Å²) in [5.41, 5.74) is 2.49. The normalized spacial score (nSPS) is 38.7. The number of hydrogen-bond donors (Lipinski definition) is 1. The van der Waals surface area contributed by atoms with Gasteiger partial charge in [0, 0.05) is 5.92 Å². The number of carbonyl (C=O) groups is 1. The van der Waals surface area contributed by atoms with Crippen molar-refractivity contribution in [2.75, 3.05) is 0 Å². The van der Waals surface area contributed by atoms with Crippen LogP contribution >= 0.6 is 11.6 Å². The molecule has 1 amide bonds. The second-order valence-corrected chi connectivity index (χ2v) is 6.75. The number of rotatable bonds is 2. The molecule has 0 spiro atoms. The van der Waals surface area contributed by atoms with Crippen LogP contribution in [0.5, 0.6) is 0 Å². The van der Waals surface area contributed by atoms with Crippen LogP contribution in [0.2, 0.25) is 0 Å². The molecule has 0 aromatic heterocycles. The average molecular weight is 276 g/mol. The maximum absolute atomic E-state index is 12.4. The van der Waals surface area contributed by atoms with Gasteiger partial charge in [-0.25, -0.2) is 0 Å². The molecule has 2 nitrogen and oxygen atoms in total. The van der Waals surface area contributed by atoms with Gasteiger partial charge in [0.05, 0.1) is 11.4 Å². The third-order valence-corrected chi connectivity index (χ3v) is 5.58. The van der Waals surface area contributed by atoms with E-state index >= 15 is 0 Å². The van der Waals surface area contributed by atoms with Crippen LogP contribution in [-0.2, 0) is 11.2 Å². The molecule has 2 saturated carbocycles. The molecule has 3 heteroatoms.